The van der Waals surface area contributed by atoms with Crippen LogP contribution >= 0.6 is 0 Å². The summed E-state index contributed by atoms with van der Waals surface area (Å²) in [7, 11) is 0. The summed E-state index contributed by atoms with van der Waals surface area (Å²) in [5, 5.41) is 0. The predicted octanol–water partition coefficient (Wildman–Crippen LogP) is 2.78. The molecule has 2 heteroatoms. The molecule has 2 unspecified atom stereocenters. The van der Waals surface area contributed by atoms with E-state index in [9.17, 15) is 0 Å². The van der Waals surface area contributed by atoms with Crippen LogP contribution in [-0.4, -0.2) is 30.2 Å². The van der Waals surface area contributed by atoms with E-state index in [1.54, 1.807) is 0 Å². The first-order chi connectivity index (χ1) is 8.36. The molecule has 2 nitrogen and oxygen atoms in total. The standard InChI is InChI=1S/C15H19NO/c1-12(13-7-3-2-4-8-13)16-11-14(16)15-9-5-6-10-17-15/h2-8,12,14-15H,9-11H2,1H3/t12-,14?,15-,16?/m1/s1. The van der Waals surface area contributed by atoms with Crippen molar-refractivity contribution in [2.24, 2.45) is 0 Å². The highest BCUT2D eigenvalue weighted by atomic mass is 16.5. The Balaban J connectivity index is 1.62. The van der Waals surface area contributed by atoms with E-state index >= 15 is 0 Å². The molecule has 0 radical (unpaired) electrons. The Bertz CT molecular complexity index is 401. The Morgan fingerprint density at radius 1 is 1.24 bits per heavy atom. The van der Waals surface area contributed by atoms with E-state index < -0.39 is 0 Å². The molecule has 0 spiro atoms. The molecule has 0 aromatic heterocycles. The summed E-state index contributed by atoms with van der Waals surface area (Å²) >= 11 is 0. The van der Waals surface area contributed by atoms with E-state index in [1.807, 2.05) is 0 Å². The van der Waals surface area contributed by atoms with Crippen molar-refractivity contribution in [3.05, 3.63) is 48.0 Å². The van der Waals surface area contributed by atoms with E-state index in [1.165, 1.54) is 12.1 Å². The molecule has 0 amide bonds. The fourth-order valence-corrected chi connectivity index (χ4v) is 2.68. The van der Waals surface area contributed by atoms with Crippen LogP contribution in [0.4, 0.5) is 0 Å². The molecule has 2 aliphatic heterocycles. The monoisotopic (exact) mass is 229 g/mol. The van der Waals surface area contributed by atoms with Crippen molar-refractivity contribution >= 4 is 0 Å². The van der Waals surface area contributed by atoms with Crippen LogP contribution in [-0.2, 0) is 4.74 Å². The summed E-state index contributed by atoms with van der Waals surface area (Å²) in [4.78, 5) is 2.53. The molecule has 4 atom stereocenters. The van der Waals surface area contributed by atoms with Crippen LogP contribution in [0, 0.1) is 0 Å². The molecule has 0 aliphatic carbocycles. The van der Waals surface area contributed by atoms with Gasteiger partial charge in [-0.15, -0.1) is 0 Å². The van der Waals surface area contributed by atoms with Gasteiger partial charge in [-0.1, -0.05) is 42.5 Å². The lowest BCUT2D eigenvalue weighted by Crippen LogP contribution is -2.25. The third-order valence-electron chi connectivity index (χ3n) is 3.84. The normalized spacial score (nSPS) is 33.4. The Labute approximate surface area is 103 Å². The average Bonchev–Trinajstić information content (AvgIpc) is 3.20. The van der Waals surface area contributed by atoms with Gasteiger partial charge in [-0.2, -0.15) is 0 Å². The summed E-state index contributed by atoms with van der Waals surface area (Å²) in [5.41, 5.74) is 1.40. The van der Waals surface area contributed by atoms with E-state index in [0.29, 0.717) is 18.2 Å². The van der Waals surface area contributed by atoms with Gasteiger partial charge in [0.05, 0.1) is 12.7 Å². The minimum Gasteiger partial charge on any atom is -0.372 e. The Hall–Kier alpha value is -1.12. The number of nitrogens with zero attached hydrogens (tertiary/aromatic N) is 1. The molecular weight excluding hydrogens is 210 g/mol. The zero-order valence-corrected chi connectivity index (χ0v) is 10.3. The third kappa shape index (κ3) is 2.28. The van der Waals surface area contributed by atoms with Crippen LogP contribution in [0.2, 0.25) is 0 Å². The predicted molar refractivity (Wildman–Crippen MR) is 68.8 cm³/mol. The van der Waals surface area contributed by atoms with E-state index in [0.717, 1.165) is 13.0 Å². The largest absolute Gasteiger partial charge is 0.372 e. The zero-order chi connectivity index (χ0) is 11.7. The molecule has 1 aromatic carbocycles. The minimum atomic E-state index is 0.408. The smallest absolute Gasteiger partial charge is 0.0781 e. The van der Waals surface area contributed by atoms with Gasteiger partial charge in [0.25, 0.3) is 0 Å². The fraction of sp³-hybridized carbons (Fsp3) is 0.467. The fourth-order valence-electron chi connectivity index (χ4n) is 2.68. The molecule has 0 saturated carbocycles. The van der Waals surface area contributed by atoms with Crippen LogP contribution < -0.4 is 0 Å². The Morgan fingerprint density at radius 3 is 2.76 bits per heavy atom. The maximum Gasteiger partial charge on any atom is 0.0781 e. The molecule has 17 heavy (non-hydrogen) atoms. The SMILES string of the molecule is C[C@H](c1ccccc1)N1CC1[C@H]1CC=CCO1. The molecule has 0 bridgehead atoms. The van der Waals surface area contributed by atoms with Crippen LogP contribution in [0.5, 0.6) is 0 Å². The van der Waals surface area contributed by atoms with Gasteiger partial charge in [-0.3, -0.25) is 4.90 Å². The first-order valence-corrected chi connectivity index (χ1v) is 6.43. The number of ether oxygens (including phenoxy) is 1. The number of hydrogen-bond acceptors (Lipinski definition) is 2. The molecular formula is C15H19NO. The highest BCUT2D eigenvalue weighted by Crippen LogP contribution is 2.35. The van der Waals surface area contributed by atoms with E-state index in [2.05, 4.69) is 54.3 Å². The van der Waals surface area contributed by atoms with Gasteiger partial charge < -0.3 is 4.74 Å². The van der Waals surface area contributed by atoms with E-state index in [-0.39, 0.29) is 0 Å². The lowest BCUT2D eigenvalue weighted by atomic mass is 10.1. The lowest BCUT2D eigenvalue weighted by molar-refractivity contribution is 0.0547. The van der Waals surface area contributed by atoms with Crippen LogP contribution in [0.15, 0.2) is 42.5 Å². The molecule has 3 rings (SSSR count). The van der Waals surface area contributed by atoms with Crippen molar-refractivity contribution < 1.29 is 4.74 Å². The van der Waals surface area contributed by atoms with Crippen molar-refractivity contribution in [3.63, 3.8) is 0 Å². The summed E-state index contributed by atoms with van der Waals surface area (Å²) in [6.07, 6.45) is 5.84. The Kier molecular flexibility index (Phi) is 3.00. The van der Waals surface area contributed by atoms with Crippen LogP contribution in [0.25, 0.3) is 0 Å². The molecule has 1 fully saturated rings. The topological polar surface area (TPSA) is 12.2 Å². The second-order valence-corrected chi connectivity index (χ2v) is 4.93. The van der Waals surface area contributed by atoms with Gasteiger partial charge in [-0.05, 0) is 18.9 Å². The van der Waals surface area contributed by atoms with Crippen molar-refractivity contribution in [2.45, 2.75) is 31.5 Å². The van der Waals surface area contributed by atoms with Gasteiger partial charge >= 0.3 is 0 Å². The molecule has 2 aliphatic rings. The van der Waals surface area contributed by atoms with Crippen LogP contribution in [0.1, 0.15) is 24.9 Å². The number of rotatable bonds is 3. The number of hydrogen-bond donors (Lipinski definition) is 0. The number of benzene rings is 1. The maximum atomic E-state index is 5.79. The van der Waals surface area contributed by atoms with Gasteiger partial charge in [0.1, 0.15) is 0 Å². The first kappa shape index (κ1) is 11.0. The van der Waals surface area contributed by atoms with Gasteiger partial charge in [0.2, 0.25) is 0 Å². The minimum absolute atomic E-state index is 0.408. The molecule has 0 N–H and O–H groups in total. The average molecular weight is 229 g/mol. The third-order valence-corrected chi connectivity index (χ3v) is 3.84. The molecule has 1 saturated heterocycles. The van der Waals surface area contributed by atoms with Crippen molar-refractivity contribution in [2.75, 3.05) is 13.2 Å². The van der Waals surface area contributed by atoms with Crippen molar-refractivity contribution in [3.8, 4) is 0 Å². The van der Waals surface area contributed by atoms with Crippen LogP contribution in [0.3, 0.4) is 0 Å². The summed E-state index contributed by atoms with van der Waals surface area (Å²) < 4.78 is 5.79. The highest BCUT2D eigenvalue weighted by Gasteiger charge is 2.44. The van der Waals surface area contributed by atoms with E-state index in [4.69, 9.17) is 4.74 Å². The van der Waals surface area contributed by atoms with Crippen molar-refractivity contribution in [1.29, 1.82) is 0 Å². The zero-order valence-electron chi connectivity index (χ0n) is 10.3. The maximum absolute atomic E-state index is 5.79. The lowest BCUT2D eigenvalue weighted by Gasteiger charge is -2.21. The van der Waals surface area contributed by atoms with Gasteiger partial charge in [0.15, 0.2) is 0 Å². The van der Waals surface area contributed by atoms with Crippen molar-refractivity contribution in [1.82, 2.24) is 4.90 Å². The van der Waals surface area contributed by atoms with Gasteiger partial charge in [0, 0.05) is 18.6 Å². The quantitative estimate of drug-likeness (QED) is 0.583. The first-order valence-electron chi connectivity index (χ1n) is 6.43. The molecule has 90 valence electrons. The summed E-state index contributed by atoms with van der Waals surface area (Å²) in [6.45, 7) is 4.25. The highest BCUT2D eigenvalue weighted by molar-refractivity contribution is 5.21. The summed E-state index contributed by atoms with van der Waals surface area (Å²) in [6, 6.07) is 11.9. The second-order valence-electron chi connectivity index (χ2n) is 4.93. The second kappa shape index (κ2) is 4.63. The Morgan fingerprint density at radius 2 is 2.06 bits per heavy atom. The summed E-state index contributed by atoms with van der Waals surface area (Å²) in [5.74, 6) is 0. The molecule has 1 aromatic rings. The molecule has 2 heterocycles. The van der Waals surface area contributed by atoms with Gasteiger partial charge in [-0.25, -0.2) is 0 Å².